The average Bonchev–Trinajstić information content (AvgIpc) is 3.16. The van der Waals surface area contributed by atoms with Gasteiger partial charge in [-0.25, -0.2) is 4.39 Å². The standard InChI is InChI=1S/C16H13ClFN3O/c1-3-16(5-6-16)22-13-8-11(17)15(18)14(10(13)9-19)12-4-7-20-21(12)2/h3-4,7-8H,1,5-6H2,2H3. The van der Waals surface area contributed by atoms with Crippen LogP contribution in [0.15, 0.2) is 31.0 Å². The van der Waals surface area contributed by atoms with E-state index >= 15 is 0 Å². The normalized spacial score (nSPS) is 15.2. The summed E-state index contributed by atoms with van der Waals surface area (Å²) >= 11 is 5.99. The van der Waals surface area contributed by atoms with Gasteiger partial charge in [0.25, 0.3) is 0 Å². The van der Waals surface area contributed by atoms with Crippen LogP contribution in [-0.2, 0) is 7.05 Å². The average molecular weight is 318 g/mol. The Morgan fingerprint density at radius 2 is 2.32 bits per heavy atom. The summed E-state index contributed by atoms with van der Waals surface area (Å²) in [6, 6.07) is 4.99. The molecule has 4 nitrogen and oxygen atoms in total. The molecule has 1 saturated carbocycles. The largest absolute Gasteiger partial charge is 0.482 e. The molecule has 6 heteroatoms. The molecule has 2 aromatic rings. The number of nitriles is 1. The summed E-state index contributed by atoms with van der Waals surface area (Å²) in [6.45, 7) is 3.74. The highest BCUT2D eigenvalue weighted by Gasteiger charge is 2.43. The van der Waals surface area contributed by atoms with Crippen molar-refractivity contribution in [1.82, 2.24) is 9.78 Å². The first kappa shape index (κ1) is 14.6. The van der Waals surface area contributed by atoms with Gasteiger partial charge in [0, 0.05) is 19.3 Å². The molecule has 0 aliphatic heterocycles. The molecule has 1 aliphatic rings. The summed E-state index contributed by atoms with van der Waals surface area (Å²) < 4.78 is 21.9. The van der Waals surface area contributed by atoms with Gasteiger partial charge in [-0.1, -0.05) is 18.2 Å². The third-order valence-electron chi connectivity index (χ3n) is 3.80. The molecule has 1 heterocycles. The van der Waals surface area contributed by atoms with Gasteiger partial charge < -0.3 is 4.74 Å². The van der Waals surface area contributed by atoms with Gasteiger partial charge in [0.2, 0.25) is 0 Å². The Morgan fingerprint density at radius 3 is 2.82 bits per heavy atom. The minimum atomic E-state index is -0.655. The number of hydrogen-bond acceptors (Lipinski definition) is 3. The third-order valence-corrected chi connectivity index (χ3v) is 4.08. The molecule has 0 saturated heterocycles. The molecule has 22 heavy (non-hydrogen) atoms. The van der Waals surface area contributed by atoms with Crippen molar-refractivity contribution in [3.63, 3.8) is 0 Å². The second-order valence-electron chi connectivity index (χ2n) is 5.24. The van der Waals surface area contributed by atoms with E-state index in [0.717, 1.165) is 12.8 Å². The predicted molar refractivity (Wildman–Crippen MR) is 81.1 cm³/mol. The molecule has 1 aliphatic carbocycles. The van der Waals surface area contributed by atoms with Gasteiger partial charge in [-0.2, -0.15) is 10.4 Å². The maximum absolute atomic E-state index is 14.5. The summed E-state index contributed by atoms with van der Waals surface area (Å²) in [5.41, 5.74) is 0.199. The first-order valence-corrected chi connectivity index (χ1v) is 7.12. The third kappa shape index (κ3) is 2.26. The van der Waals surface area contributed by atoms with Gasteiger partial charge in [0.1, 0.15) is 23.0 Å². The molecule has 0 radical (unpaired) electrons. The van der Waals surface area contributed by atoms with E-state index in [0.29, 0.717) is 5.69 Å². The Hall–Kier alpha value is -2.32. The second-order valence-corrected chi connectivity index (χ2v) is 5.65. The minimum Gasteiger partial charge on any atom is -0.482 e. The summed E-state index contributed by atoms with van der Waals surface area (Å²) in [6.07, 6.45) is 4.87. The molecule has 0 bridgehead atoms. The smallest absolute Gasteiger partial charge is 0.152 e. The summed E-state index contributed by atoms with van der Waals surface area (Å²) in [5, 5.41) is 13.4. The number of benzene rings is 1. The van der Waals surface area contributed by atoms with Crippen molar-refractivity contribution in [3.8, 4) is 23.1 Å². The summed E-state index contributed by atoms with van der Waals surface area (Å²) in [4.78, 5) is 0. The summed E-state index contributed by atoms with van der Waals surface area (Å²) in [7, 11) is 1.67. The monoisotopic (exact) mass is 317 g/mol. The van der Waals surface area contributed by atoms with E-state index in [-0.39, 0.29) is 21.9 Å². The minimum absolute atomic E-state index is 0.0925. The molecule has 1 aromatic heterocycles. The Morgan fingerprint density at radius 1 is 1.59 bits per heavy atom. The number of hydrogen-bond donors (Lipinski definition) is 0. The first-order chi connectivity index (χ1) is 10.5. The van der Waals surface area contributed by atoms with E-state index in [2.05, 4.69) is 11.7 Å². The fraction of sp³-hybridized carbons (Fsp3) is 0.250. The lowest BCUT2D eigenvalue weighted by Gasteiger charge is -2.18. The SMILES string of the molecule is C=CC1(Oc2cc(Cl)c(F)c(-c3ccnn3C)c2C#N)CC1. The van der Waals surface area contributed by atoms with E-state index in [1.54, 1.807) is 19.2 Å². The fourth-order valence-corrected chi connectivity index (χ4v) is 2.54. The zero-order valence-electron chi connectivity index (χ0n) is 11.9. The van der Waals surface area contributed by atoms with E-state index in [9.17, 15) is 9.65 Å². The van der Waals surface area contributed by atoms with Gasteiger partial charge in [-0.3, -0.25) is 4.68 Å². The lowest BCUT2D eigenvalue weighted by molar-refractivity contribution is 0.229. The van der Waals surface area contributed by atoms with Gasteiger partial charge in [-0.05, 0) is 25.0 Å². The van der Waals surface area contributed by atoms with Crippen LogP contribution in [0.3, 0.4) is 0 Å². The van der Waals surface area contributed by atoms with Crippen LogP contribution < -0.4 is 4.74 Å². The molecule has 0 amide bonds. The van der Waals surface area contributed by atoms with E-state index in [1.807, 2.05) is 6.07 Å². The molecule has 0 unspecified atom stereocenters. The maximum Gasteiger partial charge on any atom is 0.152 e. The highest BCUT2D eigenvalue weighted by Crippen LogP contribution is 2.45. The molecule has 0 atom stereocenters. The van der Waals surface area contributed by atoms with Crippen molar-refractivity contribution in [1.29, 1.82) is 5.26 Å². The van der Waals surface area contributed by atoms with Crippen molar-refractivity contribution in [2.45, 2.75) is 18.4 Å². The van der Waals surface area contributed by atoms with Gasteiger partial charge >= 0.3 is 0 Å². The second kappa shape index (κ2) is 5.15. The maximum atomic E-state index is 14.5. The van der Waals surface area contributed by atoms with Crippen molar-refractivity contribution in [3.05, 3.63) is 47.4 Å². The van der Waals surface area contributed by atoms with Crippen molar-refractivity contribution in [2.24, 2.45) is 7.05 Å². The number of aromatic nitrogens is 2. The van der Waals surface area contributed by atoms with E-state index < -0.39 is 11.4 Å². The van der Waals surface area contributed by atoms with Gasteiger partial charge in [0.15, 0.2) is 5.82 Å². The lowest BCUT2D eigenvalue weighted by atomic mass is 10.0. The zero-order chi connectivity index (χ0) is 15.9. The zero-order valence-corrected chi connectivity index (χ0v) is 12.7. The van der Waals surface area contributed by atoms with Crippen LogP contribution >= 0.6 is 11.6 Å². The Balaban J connectivity index is 2.21. The van der Waals surface area contributed by atoms with Crippen molar-refractivity contribution >= 4 is 11.6 Å². The number of ether oxygens (including phenoxy) is 1. The number of nitrogens with zero attached hydrogens (tertiary/aromatic N) is 3. The molecule has 112 valence electrons. The number of rotatable bonds is 4. The fourth-order valence-electron chi connectivity index (χ4n) is 2.34. The van der Waals surface area contributed by atoms with Crippen LogP contribution in [0.2, 0.25) is 5.02 Å². The summed E-state index contributed by atoms with van der Waals surface area (Å²) in [5.74, 6) is -0.389. The van der Waals surface area contributed by atoms with Crippen LogP contribution in [-0.4, -0.2) is 15.4 Å². The molecule has 3 rings (SSSR count). The van der Waals surface area contributed by atoms with Crippen molar-refractivity contribution < 1.29 is 9.13 Å². The molecule has 0 spiro atoms. The van der Waals surface area contributed by atoms with E-state index in [4.69, 9.17) is 16.3 Å². The van der Waals surface area contributed by atoms with Gasteiger partial charge in [0.05, 0.1) is 16.3 Å². The molecular weight excluding hydrogens is 305 g/mol. The van der Waals surface area contributed by atoms with Gasteiger partial charge in [-0.15, -0.1) is 0 Å². The molecule has 1 fully saturated rings. The van der Waals surface area contributed by atoms with Crippen molar-refractivity contribution in [2.75, 3.05) is 0 Å². The molecule has 0 N–H and O–H groups in total. The highest BCUT2D eigenvalue weighted by atomic mass is 35.5. The van der Waals surface area contributed by atoms with Crippen LogP contribution in [0.5, 0.6) is 5.75 Å². The number of halogens is 2. The number of aryl methyl sites for hydroxylation is 1. The quantitative estimate of drug-likeness (QED) is 0.805. The van der Waals surface area contributed by atoms with Crippen LogP contribution in [0.25, 0.3) is 11.3 Å². The lowest BCUT2D eigenvalue weighted by Crippen LogP contribution is -2.15. The Kier molecular flexibility index (Phi) is 3.42. The van der Waals surface area contributed by atoms with Crippen LogP contribution in [0.1, 0.15) is 18.4 Å². The van der Waals surface area contributed by atoms with Crippen LogP contribution in [0, 0.1) is 17.1 Å². The predicted octanol–water partition coefficient (Wildman–Crippen LogP) is 3.85. The molecule has 1 aromatic carbocycles. The van der Waals surface area contributed by atoms with E-state index in [1.165, 1.54) is 16.9 Å². The first-order valence-electron chi connectivity index (χ1n) is 6.74. The highest BCUT2D eigenvalue weighted by molar-refractivity contribution is 6.31. The van der Waals surface area contributed by atoms with Crippen LogP contribution in [0.4, 0.5) is 4.39 Å². The molecular formula is C16H13ClFN3O. The Labute approximate surface area is 132 Å². The Bertz CT molecular complexity index is 802. The topological polar surface area (TPSA) is 50.8 Å².